The zero-order valence-electron chi connectivity index (χ0n) is 66.1. The van der Waals surface area contributed by atoms with Crippen LogP contribution in [0.4, 0.5) is 0 Å². The number of rotatable bonds is 67. The number of nitrogens with one attached hydrogen (secondary N) is 6. The van der Waals surface area contributed by atoms with Crippen LogP contribution in [0.15, 0.2) is 84.1 Å². The Hall–Kier alpha value is -8.29. The van der Waals surface area contributed by atoms with Gasteiger partial charge in [0.1, 0.15) is 36.9 Å². The Bertz CT molecular complexity index is 3260. The Morgan fingerprint density at radius 3 is 1.49 bits per heavy atom. The molecule has 4 atom stereocenters. The second-order valence-corrected chi connectivity index (χ2v) is 26.8. The van der Waals surface area contributed by atoms with Crippen LogP contribution >= 0.6 is 0 Å². The first-order valence-electron chi connectivity index (χ1n) is 38.4. The maximum Gasteiger partial charge on any atom is 0.251 e. The van der Waals surface area contributed by atoms with E-state index in [-0.39, 0.29) is 73.3 Å². The highest BCUT2D eigenvalue weighted by Crippen LogP contribution is 2.20. The Kier molecular flexibility index (Phi) is 54.4. The number of hydrogen-bond donors (Lipinski definition) is 10. The second-order valence-electron chi connectivity index (χ2n) is 26.8. The Morgan fingerprint density at radius 2 is 1.00 bits per heavy atom. The standard InChI is InChI=1S/C53H87N9O14.C25H39N5O5/c1-42(2)34-49(59-41-54)50(63)37-44(51(55)64)9-4-5-13-57-52(65)45-10-6-8-43(35-45)38-62-39-47(60-61-62)40-76-48-12-7-11-46(36-48)53(66)58-15-17-68-19-21-70-23-25-72-27-29-74-31-33-75-32-30-73-28-26-71-24-22-69-20-18-67-16-14-56-3;1-17(2)13-21(10-11-26)25(34)30-22(23(27)32)9-4-5-12-28-24(33)20-8-6-7-19(14-20)16-35-29-15-18(3)31/h6-8,10-12,35-36,39,42,44,49,56,59H,4-5,9,13-34,37-38,40-41,54H2,1-3H3,(H2,55,64)(H,57,65)(H,58,66);6-8,14-15,17,21-22H,4-5,9-13,16,26H2,1-3H3,(H2,27,32)(H,28,33)(H,30,34)/b;29-15+/t44-,49+;21-,22-/m10/s1. The number of carbonyl (C=O) groups is 8. The van der Waals surface area contributed by atoms with Crippen molar-refractivity contribution in [2.45, 2.75) is 131 Å². The van der Waals surface area contributed by atoms with Gasteiger partial charge in [-0.15, -0.1) is 5.10 Å². The number of benzene rings is 3. The zero-order chi connectivity index (χ0) is 80.9. The topological polar surface area (TPSA) is 457 Å². The van der Waals surface area contributed by atoms with Crippen molar-refractivity contribution < 1.29 is 90.6 Å². The lowest BCUT2D eigenvalue weighted by molar-refractivity contribution is -0.130. The fraction of sp³-hybridized carbons (Fsp3) is 0.628. The molecule has 33 heteroatoms. The molecular weight excluding hydrogens is 1440 g/mol. The first-order valence-corrected chi connectivity index (χ1v) is 38.4. The third-order valence-electron chi connectivity index (χ3n) is 16.4. The van der Waals surface area contributed by atoms with Crippen LogP contribution in [0.2, 0.25) is 0 Å². The number of oxime groups is 1. The summed E-state index contributed by atoms with van der Waals surface area (Å²) in [5, 5.41) is 29.4. The summed E-state index contributed by atoms with van der Waals surface area (Å²) < 4.78 is 57.0. The summed E-state index contributed by atoms with van der Waals surface area (Å²) in [6.45, 7) is 21.3. The predicted octanol–water partition coefficient (Wildman–Crippen LogP) is 3.54. The molecule has 0 aliphatic heterocycles. The van der Waals surface area contributed by atoms with Gasteiger partial charge in [0, 0.05) is 74.7 Å². The molecule has 14 N–H and O–H groups in total. The van der Waals surface area contributed by atoms with Gasteiger partial charge >= 0.3 is 0 Å². The van der Waals surface area contributed by atoms with E-state index in [4.69, 9.17) is 75.1 Å². The first-order chi connectivity index (χ1) is 53.7. The van der Waals surface area contributed by atoms with Crippen molar-refractivity contribution in [2.75, 3.05) is 165 Å². The molecule has 1 aromatic heterocycles. The van der Waals surface area contributed by atoms with Gasteiger partial charge in [-0.2, -0.15) is 0 Å². The number of Topliss-reactive ketones (excluding diaryl/α,β-unsaturated/α-hetero) is 2. The number of amides is 6. The van der Waals surface area contributed by atoms with E-state index in [1.54, 1.807) is 77.6 Å². The van der Waals surface area contributed by atoms with Crippen LogP contribution < -0.4 is 59.6 Å². The molecule has 0 radical (unpaired) electrons. The van der Waals surface area contributed by atoms with Crippen LogP contribution in [-0.4, -0.2) is 246 Å². The number of carbonyl (C=O) groups excluding carboxylic acids is 8. The van der Waals surface area contributed by atoms with Gasteiger partial charge in [-0.25, -0.2) is 4.68 Å². The van der Waals surface area contributed by atoms with E-state index in [9.17, 15) is 38.4 Å². The molecule has 1 heterocycles. The summed E-state index contributed by atoms with van der Waals surface area (Å²) in [6, 6.07) is 19.8. The highest BCUT2D eigenvalue weighted by molar-refractivity contribution is 6.26. The van der Waals surface area contributed by atoms with E-state index in [1.165, 1.54) is 6.92 Å². The number of likely N-dealkylation sites (N-methyl/N-ethyl adjacent to an activating group) is 1. The lowest BCUT2D eigenvalue weighted by Gasteiger charge is -2.22. The number of unbranched alkanes of at least 4 members (excludes halogenated alkanes) is 2. The van der Waals surface area contributed by atoms with E-state index in [2.05, 4.69) is 47.4 Å². The van der Waals surface area contributed by atoms with Crippen molar-refractivity contribution in [2.24, 2.45) is 51.8 Å². The average molecular weight is 1560 g/mol. The van der Waals surface area contributed by atoms with E-state index in [1.807, 2.05) is 40.8 Å². The van der Waals surface area contributed by atoms with Crippen molar-refractivity contribution >= 4 is 53.2 Å². The molecule has 6 amide bonds. The van der Waals surface area contributed by atoms with E-state index < -0.39 is 29.8 Å². The normalized spacial score (nSPS) is 12.4. The summed E-state index contributed by atoms with van der Waals surface area (Å²) in [4.78, 5) is 104. The lowest BCUT2D eigenvalue weighted by atomic mass is 9.90. The van der Waals surface area contributed by atoms with Crippen LogP contribution in [0.3, 0.4) is 0 Å². The molecule has 0 spiro atoms. The summed E-state index contributed by atoms with van der Waals surface area (Å²) in [6.07, 6.45) is 8.07. The van der Waals surface area contributed by atoms with Crippen LogP contribution in [-0.2, 0) is 91.2 Å². The van der Waals surface area contributed by atoms with Crippen molar-refractivity contribution in [3.8, 4) is 5.75 Å². The summed E-state index contributed by atoms with van der Waals surface area (Å²) in [5.74, 6) is -2.00. The number of nitrogens with two attached hydrogens (primary N) is 4. The van der Waals surface area contributed by atoms with Crippen LogP contribution in [0.25, 0.3) is 0 Å². The number of hydrogen-bond acceptors (Lipinski definition) is 26. The van der Waals surface area contributed by atoms with Crippen molar-refractivity contribution in [1.82, 2.24) is 46.9 Å². The molecule has 111 heavy (non-hydrogen) atoms. The molecule has 622 valence electrons. The Morgan fingerprint density at radius 1 is 0.523 bits per heavy atom. The van der Waals surface area contributed by atoms with Crippen LogP contribution in [0, 0.1) is 23.7 Å². The third-order valence-corrected chi connectivity index (χ3v) is 16.4. The molecule has 0 aliphatic carbocycles. The maximum atomic E-state index is 13.0. The Labute approximate surface area is 654 Å². The molecule has 4 aromatic rings. The van der Waals surface area contributed by atoms with Crippen LogP contribution in [0.1, 0.15) is 147 Å². The summed E-state index contributed by atoms with van der Waals surface area (Å²) in [7, 11) is 1.89. The molecule has 0 bridgehead atoms. The fourth-order valence-corrected chi connectivity index (χ4v) is 10.7. The summed E-state index contributed by atoms with van der Waals surface area (Å²) in [5.41, 5.74) is 26.0. The molecule has 0 fully saturated rings. The van der Waals surface area contributed by atoms with Gasteiger partial charge in [-0.05, 0) is 130 Å². The van der Waals surface area contributed by atoms with E-state index in [0.717, 1.165) is 23.9 Å². The van der Waals surface area contributed by atoms with Gasteiger partial charge < -0.3 is 102 Å². The third kappa shape index (κ3) is 48.3. The largest absolute Gasteiger partial charge is 0.487 e. The molecule has 3 aromatic carbocycles. The zero-order valence-corrected chi connectivity index (χ0v) is 66.1. The minimum absolute atomic E-state index is 0.0608. The van der Waals surface area contributed by atoms with E-state index >= 15 is 0 Å². The first kappa shape index (κ1) is 96.9. The second kappa shape index (κ2) is 62.3. The highest BCUT2D eigenvalue weighted by atomic mass is 16.6. The number of primary amides is 2. The van der Waals surface area contributed by atoms with Gasteiger partial charge in [0.2, 0.25) is 17.7 Å². The molecule has 33 nitrogen and oxygen atoms in total. The lowest BCUT2D eigenvalue weighted by Crippen LogP contribution is -2.47. The SMILES string of the molecule is CC(=O)/C=N/OCc1cccc(C(=O)NCCCC[C@H](NC(=O)[C@@H](CCN)CC(C)C)C(N)=O)c1.CNCCOCCOCCOCCOCCOCCOCCOCCOCCOCCNC(=O)c1cccc(OCc2cn(Cc3cccc(C(=O)NCCCC[C@H](CC(=O)[C@H](CC(C)C)NCN)C(N)=O)c3)nn2)c1. The van der Waals surface area contributed by atoms with Gasteiger partial charge in [-0.3, -0.25) is 43.7 Å². The quantitative estimate of drug-likeness (QED) is 0.0131. The molecule has 0 saturated heterocycles. The van der Waals surface area contributed by atoms with Crippen molar-refractivity contribution in [3.63, 3.8) is 0 Å². The minimum atomic E-state index is -0.756. The minimum Gasteiger partial charge on any atom is -0.487 e. The number of nitrogens with zero attached hydrogens (tertiary/aromatic N) is 4. The molecule has 0 saturated carbocycles. The predicted molar refractivity (Wildman–Crippen MR) is 418 cm³/mol. The van der Waals surface area contributed by atoms with Gasteiger partial charge in [0.15, 0.2) is 11.6 Å². The van der Waals surface area contributed by atoms with Gasteiger partial charge in [0.25, 0.3) is 17.7 Å². The molecular formula is C78H126N14O19. The molecule has 0 aliphatic rings. The number of aromatic nitrogens is 3. The van der Waals surface area contributed by atoms with Crippen LogP contribution in [0.5, 0.6) is 5.75 Å². The van der Waals surface area contributed by atoms with Gasteiger partial charge in [0.05, 0.1) is 138 Å². The number of ether oxygens (including phenoxy) is 10. The fourth-order valence-electron chi connectivity index (χ4n) is 10.7. The Balaban J connectivity index is 0.000000760. The van der Waals surface area contributed by atoms with E-state index in [0.29, 0.717) is 243 Å². The van der Waals surface area contributed by atoms with Crippen molar-refractivity contribution in [1.29, 1.82) is 0 Å². The maximum absolute atomic E-state index is 13.0. The highest BCUT2D eigenvalue weighted by Gasteiger charge is 2.27. The van der Waals surface area contributed by atoms with Gasteiger partial charge in [-0.1, -0.05) is 74.8 Å². The monoisotopic (exact) mass is 1560 g/mol. The average Bonchev–Trinajstić information content (AvgIpc) is 1.78. The van der Waals surface area contributed by atoms with Crippen molar-refractivity contribution in [3.05, 3.63) is 113 Å². The smallest absolute Gasteiger partial charge is 0.251 e. The molecule has 4 rings (SSSR count). The summed E-state index contributed by atoms with van der Waals surface area (Å²) >= 11 is 0. The molecule has 0 unspecified atom stereocenters. The number of ketones is 2.